The highest BCUT2D eigenvalue weighted by molar-refractivity contribution is 5.15. The van der Waals surface area contributed by atoms with E-state index in [9.17, 15) is 8.78 Å². The Morgan fingerprint density at radius 2 is 2.36 bits per heavy atom. The largest absolute Gasteiger partial charge is 0.278 e. The highest BCUT2D eigenvalue weighted by Crippen LogP contribution is 2.31. The Hall–Kier alpha value is -0.840. The lowest BCUT2D eigenvalue weighted by molar-refractivity contribution is 0.422. The number of rotatable bonds is 2. The fourth-order valence-electron chi connectivity index (χ4n) is 0.767. The monoisotopic (exact) mass is 155 g/mol. The summed E-state index contributed by atoms with van der Waals surface area (Å²) in [5.74, 6) is 5.67. The Labute approximate surface area is 65.3 Å². The van der Waals surface area contributed by atoms with Crippen molar-refractivity contribution in [3.05, 3.63) is 18.6 Å². The van der Waals surface area contributed by atoms with Gasteiger partial charge in [0.25, 0.3) is 6.08 Å². The van der Waals surface area contributed by atoms with Gasteiger partial charge in [0, 0.05) is 6.42 Å². The number of hydrogen-bond donors (Lipinski definition) is 0. The molecule has 1 saturated carbocycles. The van der Waals surface area contributed by atoms with Gasteiger partial charge < -0.3 is 0 Å². The zero-order valence-corrected chi connectivity index (χ0v) is 6.11. The average molecular weight is 155 g/mol. The number of halogens is 2. The minimum atomic E-state index is -1.71. The van der Waals surface area contributed by atoms with E-state index >= 15 is 0 Å². The minimum Gasteiger partial charge on any atom is -0.173 e. The standard InChI is InChI=1S/C9H9F2/c10-9(11)5-3-1-2-4-8-6-7-8/h5-6,8H,2,4,7H2. The molecule has 0 aliphatic heterocycles. The van der Waals surface area contributed by atoms with Gasteiger partial charge in [-0.05, 0) is 25.2 Å². The smallest absolute Gasteiger partial charge is 0.173 e. The highest BCUT2D eigenvalue weighted by Gasteiger charge is 2.19. The van der Waals surface area contributed by atoms with Crippen LogP contribution in [-0.2, 0) is 0 Å². The molecule has 1 atom stereocenters. The molecule has 2 heteroatoms. The first-order chi connectivity index (χ1) is 5.29. The van der Waals surface area contributed by atoms with Gasteiger partial charge in [0.05, 0.1) is 6.08 Å². The van der Waals surface area contributed by atoms with Gasteiger partial charge in [0.1, 0.15) is 0 Å². The molecule has 1 unspecified atom stereocenters. The SMILES string of the molecule is FC(F)=CC#CCCC1[CH]C1. The summed E-state index contributed by atoms with van der Waals surface area (Å²) in [6.07, 6.45) is 4.06. The van der Waals surface area contributed by atoms with E-state index in [-0.39, 0.29) is 0 Å². The molecule has 1 radical (unpaired) electrons. The van der Waals surface area contributed by atoms with Gasteiger partial charge in [-0.2, -0.15) is 8.78 Å². The Morgan fingerprint density at radius 3 is 2.91 bits per heavy atom. The summed E-state index contributed by atoms with van der Waals surface area (Å²) in [6, 6.07) is 0. The molecule has 1 aliphatic carbocycles. The van der Waals surface area contributed by atoms with Gasteiger partial charge in [-0.3, -0.25) is 0 Å². The van der Waals surface area contributed by atoms with Crippen LogP contribution in [0.15, 0.2) is 12.2 Å². The molecule has 0 nitrogen and oxygen atoms in total. The van der Waals surface area contributed by atoms with E-state index < -0.39 is 6.08 Å². The van der Waals surface area contributed by atoms with Crippen LogP contribution in [0.5, 0.6) is 0 Å². The van der Waals surface area contributed by atoms with Crippen LogP contribution in [0.25, 0.3) is 0 Å². The summed E-state index contributed by atoms with van der Waals surface area (Å²) in [5.41, 5.74) is 0. The fourth-order valence-corrected chi connectivity index (χ4v) is 0.767. The van der Waals surface area contributed by atoms with E-state index in [1.54, 1.807) is 0 Å². The molecule has 59 valence electrons. The quantitative estimate of drug-likeness (QED) is 0.538. The van der Waals surface area contributed by atoms with E-state index in [1.165, 1.54) is 6.42 Å². The van der Waals surface area contributed by atoms with E-state index in [4.69, 9.17) is 0 Å². The molecule has 1 fully saturated rings. The summed E-state index contributed by atoms with van der Waals surface area (Å²) in [6.45, 7) is 0. The predicted octanol–water partition coefficient (Wildman–Crippen LogP) is 2.77. The number of hydrogen-bond acceptors (Lipinski definition) is 0. The normalized spacial score (nSPS) is 15.1. The fraction of sp³-hybridized carbons (Fsp3) is 0.444. The maximum Gasteiger partial charge on any atom is 0.278 e. The zero-order valence-electron chi connectivity index (χ0n) is 6.11. The second kappa shape index (κ2) is 4.12. The maximum absolute atomic E-state index is 11.4. The average Bonchev–Trinajstić information content (AvgIpc) is 2.70. The van der Waals surface area contributed by atoms with Gasteiger partial charge in [-0.1, -0.05) is 11.8 Å². The molecule has 1 rings (SSSR count). The molecule has 0 bridgehead atoms. The first kappa shape index (κ1) is 8.26. The Balaban J connectivity index is 2.06. The van der Waals surface area contributed by atoms with Crippen LogP contribution < -0.4 is 0 Å². The lowest BCUT2D eigenvalue weighted by Crippen LogP contribution is -1.72. The van der Waals surface area contributed by atoms with Gasteiger partial charge in [-0.25, -0.2) is 0 Å². The summed E-state index contributed by atoms with van der Waals surface area (Å²) < 4.78 is 22.8. The van der Waals surface area contributed by atoms with Gasteiger partial charge in [0.15, 0.2) is 0 Å². The molecular formula is C9H9F2. The second-order valence-electron chi connectivity index (χ2n) is 2.53. The van der Waals surface area contributed by atoms with Gasteiger partial charge >= 0.3 is 0 Å². The van der Waals surface area contributed by atoms with E-state index in [0.29, 0.717) is 12.0 Å². The molecule has 0 amide bonds. The van der Waals surface area contributed by atoms with Crippen LogP contribution in [0, 0.1) is 24.2 Å². The van der Waals surface area contributed by atoms with Crippen LogP contribution >= 0.6 is 0 Å². The Morgan fingerprint density at radius 1 is 1.64 bits per heavy atom. The van der Waals surface area contributed by atoms with Gasteiger partial charge in [-0.15, -0.1) is 0 Å². The third-order valence-electron chi connectivity index (χ3n) is 1.49. The second-order valence-corrected chi connectivity index (χ2v) is 2.53. The van der Waals surface area contributed by atoms with Crippen LogP contribution in [0.1, 0.15) is 19.3 Å². The molecule has 1 aliphatic rings. The van der Waals surface area contributed by atoms with Crippen LogP contribution in [0.3, 0.4) is 0 Å². The molecule has 0 saturated heterocycles. The zero-order chi connectivity index (χ0) is 8.10. The van der Waals surface area contributed by atoms with Crippen molar-refractivity contribution in [2.75, 3.05) is 0 Å². The Kier molecular flexibility index (Phi) is 3.10. The molecule has 0 spiro atoms. The summed E-state index contributed by atoms with van der Waals surface area (Å²) in [4.78, 5) is 0. The number of allylic oxidation sites excluding steroid dienone is 1. The van der Waals surface area contributed by atoms with Crippen LogP contribution in [-0.4, -0.2) is 0 Å². The van der Waals surface area contributed by atoms with E-state index in [0.717, 1.165) is 12.8 Å². The van der Waals surface area contributed by atoms with E-state index in [2.05, 4.69) is 18.3 Å². The molecule has 0 aromatic heterocycles. The van der Waals surface area contributed by atoms with Crippen molar-refractivity contribution in [3.63, 3.8) is 0 Å². The third-order valence-corrected chi connectivity index (χ3v) is 1.49. The van der Waals surface area contributed by atoms with E-state index in [1.807, 2.05) is 0 Å². The van der Waals surface area contributed by atoms with Crippen molar-refractivity contribution in [2.45, 2.75) is 19.3 Å². The minimum absolute atomic E-state index is 0.649. The van der Waals surface area contributed by atoms with Crippen molar-refractivity contribution < 1.29 is 8.78 Å². The molecule has 0 heterocycles. The topological polar surface area (TPSA) is 0 Å². The third kappa shape index (κ3) is 4.55. The predicted molar refractivity (Wildman–Crippen MR) is 39.7 cm³/mol. The lowest BCUT2D eigenvalue weighted by atomic mass is 10.2. The van der Waals surface area contributed by atoms with Crippen LogP contribution in [0.2, 0.25) is 0 Å². The maximum atomic E-state index is 11.4. The molecule has 0 aromatic rings. The van der Waals surface area contributed by atoms with Crippen molar-refractivity contribution in [2.24, 2.45) is 5.92 Å². The molecular weight excluding hydrogens is 146 g/mol. The lowest BCUT2D eigenvalue weighted by Gasteiger charge is -1.84. The van der Waals surface area contributed by atoms with Gasteiger partial charge in [0.2, 0.25) is 0 Å². The first-order valence-electron chi connectivity index (χ1n) is 3.62. The van der Waals surface area contributed by atoms with Crippen molar-refractivity contribution in [1.29, 1.82) is 0 Å². The molecule has 11 heavy (non-hydrogen) atoms. The molecule has 0 aromatic carbocycles. The molecule has 0 N–H and O–H groups in total. The summed E-state index contributed by atoms with van der Waals surface area (Å²) in [5, 5.41) is 0. The highest BCUT2D eigenvalue weighted by atomic mass is 19.3. The van der Waals surface area contributed by atoms with Crippen molar-refractivity contribution in [3.8, 4) is 11.8 Å². The summed E-state index contributed by atoms with van der Waals surface area (Å²) >= 11 is 0. The van der Waals surface area contributed by atoms with Crippen LogP contribution in [0.4, 0.5) is 8.78 Å². The van der Waals surface area contributed by atoms with Crippen molar-refractivity contribution in [1.82, 2.24) is 0 Å². The Bertz CT molecular complexity index is 199. The summed E-state index contributed by atoms with van der Waals surface area (Å²) in [7, 11) is 0. The van der Waals surface area contributed by atoms with Crippen molar-refractivity contribution >= 4 is 0 Å². The first-order valence-corrected chi connectivity index (χ1v) is 3.62.